The molecule has 84 valence electrons. The van der Waals surface area contributed by atoms with E-state index in [0.29, 0.717) is 6.61 Å². The van der Waals surface area contributed by atoms with Gasteiger partial charge in [-0.25, -0.2) is 0 Å². The van der Waals surface area contributed by atoms with Crippen LogP contribution < -0.4 is 0 Å². The number of hydrogen-bond acceptors (Lipinski definition) is 2. The van der Waals surface area contributed by atoms with Crippen molar-refractivity contribution < 1.29 is 9.53 Å². The first-order valence-electron chi connectivity index (χ1n) is 5.56. The van der Waals surface area contributed by atoms with E-state index >= 15 is 0 Å². The monoisotopic (exact) mass is 236 g/mol. The molecule has 1 aromatic rings. The fourth-order valence-corrected chi connectivity index (χ4v) is 3.04. The number of alkyl halides is 1. The zero-order valence-corrected chi connectivity index (χ0v) is 9.67. The average molecular weight is 237 g/mol. The molecule has 2 aliphatic rings. The molecule has 3 rings (SSSR count). The molecule has 2 atom stereocenters. The van der Waals surface area contributed by atoms with Gasteiger partial charge in [-0.1, -0.05) is 30.3 Å². The maximum Gasteiger partial charge on any atom is 0.327 e. The van der Waals surface area contributed by atoms with E-state index in [1.54, 1.807) is 0 Å². The Bertz CT molecular complexity index is 427. The van der Waals surface area contributed by atoms with Gasteiger partial charge in [0.05, 0.1) is 6.61 Å². The lowest BCUT2D eigenvalue weighted by Crippen LogP contribution is -2.16. The topological polar surface area (TPSA) is 26.3 Å². The van der Waals surface area contributed by atoms with E-state index in [1.165, 1.54) is 5.56 Å². The van der Waals surface area contributed by atoms with Crippen LogP contribution in [-0.2, 0) is 16.0 Å². The normalized spacial score (nSPS) is 35.7. The Balaban J connectivity index is 1.68. The van der Waals surface area contributed by atoms with Gasteiger partial charge >= 0.3 is 5.97 Å². The minimum atomic E-state index is -0.693. The third-order valence-corrected chi connectivity index (χ3v) is 4.52. The molecule has 16 heavy (non-hydrogen) atoms. The van der Waals surface area contributed by atoms with Gasteiger partial charge in [0.1, 0.15) is 0 Å². The van der Waals surface area contributed by atoms with E-state index in [4.69, 9.17) is 16.3 Å². The molecule has 3 heteroatoms. The SMILES string of the molecule is O=C1OC[C@]2(CCc3ccccc3)C[C@]12Cl. The number of esters is 1. The average Bonchev–Trinajstić information content (AvgIpc) is 2.85. The second-order valence-corrected chi connectivity index (χ2v) is 5.47. The molecule has 2 nitrogen and oxygen atoms in total. The van der Waals surface area contributed by atoms with Crippen molar-refractivity contribution in [2.45, 2.75) is 24.1 Å². The maximum atomic E-state index is 11.4. The minimum absolute atomic E-state index is 0.0819. The standard InChI is InChI=1S/C13H13ClO2/c14-13-8-12(13,9-16-11(13)15)7-6-10-4-2-1-3-5-10/h1-5H,6-9H2/t12-,13-/m0/s1. The van der Waals surface area contributed by atoms with Crippen LogP contribution in [0, 0.1) is 5.41 Å². The summed E-state index contributed by atoms with van der Waals surface area (Å²) in [5.74, 6) is -0.220. The van der Waals surface area contributed by atoms with Crippen molar-refractivity contribution >= 4 is 17.6 Å². The number of carbonyl (C=O) groups excluding carboxylic acids is 1. The van der Waals surface area contributed by atoms with E-state index in [0.717, 1.165) is 19.3 Å². The van der Waals surface area contributed by atoms with E-state index in [9.17, 15) is 4.79 Å². The second-order valence-electron chi connectivity index (χ2n) is 4.82. The smallest absolute Gasteiger partial charge is 0.327 e. The van der Waals surface area contributed by atoms with Crippen LogP contribution in [-0.4, -0.2) is 17.5 Å². The van der Waals surface area contributed by atoms with Crippen molar-refractivity contribution in [2.75, 3.05) is 6.61 Å². The van der Waals surface area contributed by atoms with Gasteiger partial charge in [-0.15, -0.1) is 11.6 Å². The van der Waals surface area contributed by atoms with Gasteiger partial charge in [-0.2, -0.15) is 0 Å². The molecule has 0 amide bonds. The summed E-state index contributed by atoms with van der Waals surface area (Å²) >= 11 is 6.24. The number of fused-ring (bicyclic) bond motifs is 1. The number of rotatable bonds is 3. The fraction of sp³-hybridized carbons (Fsp3) is 0.462. The molecule has 0 aromatic heterocycles. The fourth-order valence-electron chi connectivity index (χ4n) is 2.58. The first-order chi connectivity index (χ1) is 7.66. The number of halogens is 1. The summed E-state index contributed by atoms with van der Waals surface area (Å²) in [7, 11) is 0. The summed E-state index contributed by atoms with van der Waals surface area (Å²) in [6.07, 6.45) is 2.69. The van der Waals surface area contributed by atoms with Crippen LogP contribution in [0.4, 0.5) is 0 Å². The molecular formula is C13H13ClO2. The quantitative estimate of drug-likeness (QED) is 0.596. The number of carbonyl (C=O) groups is 1. The number of ether oxygens (including phenoxy) is 1. The van der Waals surface area contributed by atoms with Crippen molar-refractivity contribution in [1.82, 2.24) is 0 Å². The molecule has 0 N–H and O–H groups in total. The van der Waals surface area contributed by atoms with Crippen LogP contribution in [0.2, 0.25) is 0 Å². The number of cyclic esters (lactones) is 1. The van der Waals surface area contributed by atoms with E-state index in [2.05, 4.69) is 12.1 Å². The van der Waals surface area contributed by atoms with Crippen LogP contribution in [0.25, 0.3) is 0 Å². The summed E-state index contributed by atoms with van der Waals surface area (Å²) in [6, 6.07) is 10.3. The molecule has 1 heterocycles. The second kappa shape index (κ2) is 3.24. The van der Waals surface area contributed by atoms with Crippen molar-refractivity contribution in [3.05, 3.63) is 35.9 Å². The first kappa shape index (κ1) is 10.2. The highest BCUT2D eigenvalue weighted by molar-refractivity contribution is 6.38. The van der Waals surface area contributed by atoms with Crippen molar-refractivity contribution in [2.24, 2.45) is 5.41 Å². The molecule has 2 fully saturated rings. The highest BCUT2D eigenvalue weighted by atomic mass is 35.5. The van der Waals surface area contributed by atoms with Gasteiger partial charge < -0.3 is 4.74 Å². The lowest BCUT2D eigenvalue weighted by atomic mass is 9.96. The summed E-state index contributed by atoms with van der Waals surface area (Å²) in [5, 5.41) is 0. The maximum absolute atomic E-state index is 11.4. The summed E-state index contributed by atoms with van der Waals surface area (Å²) in [5.41, 5.74) is 1.21. The van der Waals surface area contributed by atoms with Gasteiger partial charge in [0.25, 0.3) is 0 Å². The van der Waals surface area contributed by atoms with Crippen LogP contribution in [0.15, 0.2) is 30.3 Å². The molecule has 1 aliphatic heterocycles. The molecule has 1 aromatic carbocycles. The predicted molar refractivity (Wildman–Crippen MR) is 61.4 cm³/mol. The van der Waals surface area contributed by atoms with Gasteiger partial charge in [0.15, 0.2) is 4.87 Å². The number of aryl methyl sites for hydroxylation is 1. The highest BCUT2D eigenvalue weighted by Crippen LogP contribution is 2.67. The van der Waals surface area contributed by atoms with Gasteiger partial charge in [0.2, 0.25) is 0 Å². The third-order valence-electron chi connectivity index (χ3n) is 3.84. The van der Waals surface area contributed by atoms with Gasteiger partial charge in [-0.05, 0) is 24.8 Å². The van der Waals surface area contributed by atoms with Crippen LogP contribution in [0.5, 0.6) is 0 Å². The van der Waals surface area contributed by atoms with E-state index < -0.39 is 4.87 Å². The largest absolute Gasteiger partial charge is 0.464 e. The van der Waals surface area contributed by atoms with Crippen LogP contribution >= 0.6 is 11.6 Å². The van der Waals surface area contributed by atoms with E-state index in [1.807, 2.05) is 18.2 Å². The molecule has 1 saturated carbocycles. The highest BCUT2D eigenvalue weighted by Gasteiger charge is 2.76. The van der Waals surface area contributed by atoms with Crippen molar-refractivity contribution in [1.29, 1.82) is 0 Å². The van der Waals surface area contributed by atoms with Crippen LogP contribution in [0.3, 0.4) is 0 Å². The van der Waals surface area contributed by atoms with Crippen molar-refractivity contribution in [3.63, 3.8) is 0 Å². The molecule has 1 aliphatic carbocycles. The molecule has 0 radical (unpaired) electrons. The Morgan fingerprint density at radius 3 is 2.62 bits per heavy atom. The first-order valence-corrected chi connectivity index (χ1v) is 5.94. The van der Waals surface area contributed by atoms with Crippen molar-refractivity contribution in [3.8, 4) is 0 Å². The predicted octanol–water partition coefficient (Wildman–Crippen LogP) is 2.54. The minimum Gasteiger partial charge on any atom is -0.464 e. The number of hydrogen-bond donors (Lipinski definition) is 0. The lowest BCUT2D eigenvalue weighted by Gasteiger charge is -2.09. The Morgan fingerprint density at radius 1 is 1.31 bits per heavy atom. The zero-order valence-electron chi connectivity index (χ0n) is 8.91. The van der Waals surface area contributed by atoms with Crippen LogP contribution in [0.1, 0.15) is 18.4 Å². The van der Waals surface area contributed by atoms with E-state index in [-0.39, 0.29) is 11.4 Å². The summed E-state index contributed by atoms with van der Waals surface area (Å²) < 4.78 is 5.04. The Hall–Kier alpha value is -1.02. The molecule has 0 spiro atoms. The summed E-state index contributed by atoms with van der Waals surface area (Å²) in [6.45, 7) is 0.502. The summed E-state index contributed by atoms with van der Waals surface area (Å²) in [4.78, 5) is 10.7. The Labute approximate surface area is 99.6 Å². The Kier molecular flexibility index (Phi) is 2.05. The third kappa shape index (κ3) is 1.29. The molecule has 0 bridgehead atoms. The zero-order chi connectivity index (χ0) is 11.2. The van der Waals surface area contributed by atoms with Gasteiger partial charge in [-0.3, -0.25) is 4.79 Å². The Morgan fingerprint density at radius 2 is 2.06 bits per heavy atom. The number of benzene rings is 1. The molecular weight excluding hydrogens is 224 g/mol. The lowest BCUT2D eigenvalue weighted by molar-refractivity contribution is -0.140. The molecule has 1 saturated heterocycles. The van der Waals surface area contributed by atoms with Gasteiger partial charge in [0, 0.05) is 5.41 Å². The molecule has 0 unspecified atom stereocenters.